The lowest BCUT2D eigenvalue weighted by molar-refractivity contribution is -0.152. The van der Waals surface area contributed by atoms with Crippen LogP contribution in [0.4, 0.5) is 0 Å². The van der Waals surface area contributed by atoms with Gasteiger partial charge in [-0.3, -0.25) is 4.79 Å². The SMILES string of the molecule is COC(=O)C1CNCCN1C(=O)C1=Cc2cc(OC)c(OC)cc2CCC1.Cl. The highest BCUT2D eigenvalue weighted by Gasteiger charge is 2.34. The number of esters is 1. The molecule has 1 aromatic carbocycles. The van der Waals surface area contributed by atoms with Gasteiger partial charge in [-0.2, -0.15) is 0 Å². The van der Waals surface area contributed by atoms with Crippen LogP contribution in [0.15, 0.2) is 17.7 Å². The molecule has 1 fully saturated rings. The summed E-state index contributed by atoms with van der Waals surface area (Å²) < 4.78 is 15.7. The molecule has 3 rings (SSSR count). The molecule has 1 amide bonds. The second kappa shape index (κ2) is 9.80. The molecule has 2 aliphatic rings. The topological polar surface area (TPSA) is 77.1 Å². The van der Waals surface area contributed by atoms with Crippen LogP contribution in [0.25, 0.3) is 6.08 Å². The molecule has 1 atom stereocenters. The molecule has 0 saturated carbocycles. The summed E-state index contributed by atoms with van der Waals surface area (Å²) in [5, 5.41) is 3.15. The number of carbonyl (C=O) groups excluding carboxylic acids is 2. The number of nitrogens with zero attached hydrogens (tertiary/aromatic N) is 1. The van der Waals surface area contributed by atoms with Crippen molar-refractivity contribution in [1.82, 2.24) is 10.2 Å². The number of hydrogen-bond donors (Lipinski definition) is 1. The number of nitrogens with one attached hydrogen (secondary N) is 1. The van der Waals surface area contributed by atoms with E-state index in [1.54, 1.807) is 19.1 Å². The lowest BCUT2D eigenvalue weighted by Gasteiger charge is -2.34. The highest BCUT2D eigenvalue weighted by atomic mass is 35.5. The lowest BCUT2D eigenvalue weighted by Crippen LogP contribution is -2.57. The van der Waals surface area contributed by atoms with Crippen LogP contribution in [0.2, 0.25) is 0 Å². The number of aryl methyl sites for hydroxylation is 1. The highest BCUT2D eigenvalue weighted by molar-refractivity contribution is 6.00. The molecule has 1 heterocycles. The summed E-state index contributed by atoms with van der Waals surface area (Å²) in [6, 6.07) is 3.29. The number of halogens is 1. The summed E-state index contributed by atoms with van der Waals surface area (Å²) in [4.78, 5) is 26.9. The van der Waals surface area contributed by atoms with Crippen molar-refractivity contribution in [3.63, 3.8) is 0 Å². The predicted molar refractivity (Wildman–Crippen MR) is 108 cm³/mol. The fourth-order valence-corrected chi connectivity index (χ4v) is 3.66. The first-order valence-corrected chi connectivity index (χ1v) is 9.14. The number of ether oxygens (including phenoxy) is 3. The first kappa shape index (κ1) is 22.0. The van der Waals surface area contributed by atoms with Gasteiger partial charge in [0.25, 0.3) is 5.91 Å². The zero-order valence-electron chi connectivity index (χ0n) is 16.4. The standard InChI is InChI=1S/C20H26N2O5.ClH/c1-25-17-10-13-5-4-6-14(9-15(13)11-18(17)26-2)19(23)22-8-7-21-12-16(22)20(24)27-3;/h9-11,16,21H,4-8,12H2,1-3H3;1H. The Hall–Kier alpha value is -2.25. The van der Waals surface area contributed by atoms with Gasteiger partial charge in [0.15, 0.2) is 11.5 Å². The van der Waals surface area contributed by atoms with Crippen LogP contribution >= 0.6 is 12.4 Å². The van der Waals surface area contributed by atoms with E-state index in [1.807, 2.05) is 18.2 Å². The third kappa shape index (κ3) is 4.42. The average Bonchev–Trinajstić information content (AvgIpc) is 2.93. The molecule has 1 saturated heterocycles. The molecule has 0 aromatic heterocycles. The van der Waals surface area contributed by atoms with Gasteiger partial charge in [0.05, 0.1) is 21.3 Å². The average molecular weight is 411 g/mol. The first-order chi connectivity index (χ1) is 13.1. The quantitative estimate of drug-likeness (QED) is 0.763. The zero-order chi connectivity index (χ0) is 19.4. The highest BCUT2D eigenvalue weighted by Crippen LogP contribution is 2.34. The Kier molecular flexibility index (Phi) is 7.71. The Morgan fingerprint density at radius 2 is 1.82 bits per heavy atom. The number of hydrogen-bond acceptors (Lipinski definition) is 6. The van der Waals surface area contributed by atoms with Crippen molar-refractivity contribution in [1.29, 1.82) is 0 Å². The number of piperazine rings is 1. The van der Waals surface area contributed by atoms with Crippen LogP contribution in [-0.4, -0.2) is 63.8 Å². The maximum absolute atomic E-state index is 13.2. The van der Waals surface area contributed by atoms with E-state index in [1.165, 1.54) is 7.11 Å². The summed E-state index contributed by atoms with van der Waals surface area (Å²) in [6.45, 7) is 1.55. The van der Waals surface area contributed by atoms with E-state index in [4.69, 9.17) is 14.2 Å². The molecule has 7 nitrogen and oxygen atoms in total. The molecular formula is C20H27ClN2O5. The molecule has 154 valence electrons. The number of carbonyl (C=O) groups is 2. The van der Waals surface area contributed by atoms with Crippen molar-refractivity contribution < 1.29 is 23.8 Å². The zero-order valence-corrected chi connectivity index (χ0v) is 17.3. The van der Waals surface area contributed by atoms with E-state index in [0.29, 0.717) is 43.1 Å². The minimum absolute atomic E-state index is 0. The van der Waals surface area contributed by atoms with E-state index >= 15 is 0 Å². The molecule has 28 heavy (non-hydrogen) atoms. The van der Waals surface area contributed by atoms with Crippen LogP contribution in [0.5, 0.6) is 11.5 Å². The van der Waals surface area contributed by atoms with Gasteiger partial charge in [0.2, 0.25) is 0 Å². The van der Waals surface area contributed by atoms with E-state index in [2.05, 4.69) is 5.32 Å². The van der Waals surface area contributed by atoms with E-state index < -0.39 is 12.0 Å². The van der Waals surface area contributed by atoms with Crippen molar-refractivity contribution >= 4 is 30.4 Å². The predicted octanol–water partition coefficient (Wildman–Crippen LogP) is 1.82. The normalized spacial score (nSPS) is 18.8. The Morgan fingerprint density at radius 3 is 2.50 bits per heavy atom. The number of amides is 1. The van der Waals surface area contributed by atoms with Crippen LogP contribution in [-0.2, 0) is 20.7 Å². The maximum atomic E-state index is 13.2. The first-order valence-electron chi connectivity index (χ1n) is 9.14. The summed E-state index contributed by atoms with van der Waals surface area (Å²) in [5.74, 6) is 0.828. The molecule has 1 aliphatic carbocycles. The molecule has 1 N–H and O–H groups in total. The van der Waals surface area contributed by atoms with E-state index in [-0.39, 0.29) is 18.3 Å². The van der Waals surface area contributed by atoms with Crippen molar-refractivity contribution in [2.75, 3.05) is 41.0 Å². The fraction of sp³-hybridized carbons (Fsp3) is 0.500. The van der Waals surface area contributed by atoms with Gasteiger partial charge in [-0.05, 0) is 48.6 Å². The van der Waals surface area contributed by atoms with Gasteiger partial charge in [-0.1, -0.05) is 0 Å². The summed E-state index contributed by atoms with van der Waals surface area (Å²) >= 11 is 0. The number of benzene rings is 1. The van der Waals surface area contributed by atoms with E-state index in [0.717, 1.165) is 24.0 Å². The Bertz CT molecular complexity index is 765. The Labute approximate surface area is 171 Å². The minimum Gasteiger partial charge on any atom is -0.493 e. The molecule has 8 heteroatoms. The Morgan fingerprint density at radius 1 is 1.11 bits per heavy atom. The molecular weight excluding hydrogens is 384 g/mol. The van der Waals surface area contributed by atoms with Crippen molar-refractivity contribution in [2.45, 2.75) is 25.3 Å². The summed E-state index contributed by atoms with van der Waals surface area (Å²) in [5.41, 5.74) is 2.79. The van der Waals surface area contributed by atoms with Crippen LogP contribution in [0.1, 0.15) is 24.0 Å². The third-order valence-corrected chi connectivity index (χ3v) is 5.12. The second-order valence-corrected chi connectivity index (χ2v) is 6.67. The minimum atomic E-state index is -0.592. The van der Waals surface area contributed by atoms with E-state index in [9.17, 15) is 9.59 Å². The number of rotatable bonds is 4. The van der Waals surface area contributed by atoms with Gasteiger partial charge in [0.1, 0.15) is 6.04 Å². The number of methoxy groups -OCH3 is 3. The molecule has 0 spiro atoms. The second-order valence-electron chi connectivity index (χ2n) is 6.67. The maximum Gasteiger partial charge on any atom is 0.329 e. The van der Waals surface area contributed by atoms with Crippen molar-refractivity contribution in [2.24, 2.45) is 0 Å². The van der Waals surface area contributed by atoms with Gasteiger partial charge in [0, 0.05) is 25.2 Å². The van der Waals surface area contributed by atoms with Crippen LogP contribution < -0.4 is 14.8 Å². The van der Waals surface area contributed by atoms with Gasteiger partial charge < -0.3 is 24.4 Å². The van der Waals surface area contributed by atoms with Crippen LogP contribution in [0, 0.1) is 0 Å². The number of fused-ring (bicyclic) bond motifs is 1. The molecule has 1 unspecified atom stereocenters. The van der Waals surface area contributed by atoms with Crippen LogP contribution in [0.3, 0.4) is 0 Å². The van der Waals surface area contributed by atoms with Gasteiger partial charge in [-0.25, -0.2) is 4.79 Å². The molecule has 1 aliphatic heterocycles. The van der Waals surface area contributed by atoms with Gasteiger partial charge in [-0.15, -0.1) is 12.4 Å². The fourth-order valence-electron chi connectivity index (χ4n) is 3.66. The van der Waals surface area contributed by atoms with Crippen molar-refractivity contribution in [3.05, 3.63) is 28.8 Å². The summed E-state index contributed by atoms with van der Waals surface area (Å²) in [7, 11) is 4.56. The summed E-state index contributed by atoms with van der Waals surface area (Å²) in [6.07, 6.45) is 4.29. The Balaban J connectivity index is 0.00000280. The smallest absolute Gasteiger partial charge is 0.329 e. The molecule has 0 bridgehead atoms. The lowest BCUT2D eigenvalue weighted by atomic mass is 10.0. The monoisotopic (exact) mass is 410 g/mol. The van der Waals surface area contributed by atoms with Crippen molar-refractivity contribution in [3.8, 4) is 11.5 Å². The van der Waals surface area contributed by atoms with Gasteiger partial charge >= 0.3 is 5.97 Å². The molecule has 0 radical (unpaired) electrons. The molecule has 1 aromatic rings. The third-order valence-electron chi connectivity index (χ3n) is 5.12. The largest absolute Gasteiger partial charge is 0.493 e.